The molecule has 11 nitrogen and oxygen atoms in total. The molecule has 3 aromatic heterocycles. The van der Waals surface area contributed by atoms with Crippen LogP contribution in [0, 0.1) is 6.92 Å². The molecular formula is C40H35ClN6O5. The SMILES string of the molecule is Cc1cnn2c1C=CN(N(C(=O)c1cc(-c3cc4c(cc3C(=O)N3Cc5ccccc5C[C@H]3C)OCO4)n3ccccc13)c1ccc(O)cc1)C2.Cl. The van der Waals surface area contributed by atoms with E-state index in [1.165, 1.54) is 5.56 Å². The van der Waals surface area contributed by atoms with Gasteiger partial charge in [-0.3, -0.25) is 14.6 Å². The number of carbonyl (C=O) groups is 2. The smallest absolute Gasteiger partial charge is 0.279 e. The number of aromatic hydroxyl groups is 1. The molecular weight excluding hydrogens is 680 g/mol. The van der Waals surface area contributed by atoms with Crippen LogP contribution in [-0.2, 0) is 19.6 Å². The van der Waals surface area contributed by atoms with Crippen LogP contribution < -0.4 is 14.5 Å². The first-order valence-corrected chi connectivity index (χ1v) is 16.9. The van der Waals surface area contributed by atoms with Gasteiger partial charge in [0.25, 0.3) is 11.8 Å². The van der Waals surface area contributed by atoms with Crippen molar-refractivity contribution in [3.05, 3.63) is 137 Å². The van der Waals surface area contributed by atoms with Crippen LogP contribution in [0.15, 0.2) is 104 Å². The molecule has 0 saturated heterocycles. The number of hydrogen-bond donors (Lipinski definition) is 1. The second-order valence-corrected chi connectivity index (χ2v) is 13.1. The lowest BCUT2D eigenvalue weighted by atomic mass is 9.93. The molecule has 6 aromatic rings. The number of halogens is 1. The van der Waals surface area contributed by atoms with Gasteiger partial charge in [0.2, 0.25) is 6.79 Å². The van der Waals surface area contributed by atoms with Gasteiger partial charge >= 0.3 is 0 Å². The molecule has 1 N–H and O–H groups in total. The number of phenols is 1. The highest BCUT2D eigenvalue weighted by Crippen LogP contribution is 2.41. The summed E-state index contributed by atoms with van der Waals surface area (Å²) in [6.45, 7) is 4.91. The number of aromatic nitrogens is 3. The summed E-state index contributed by atoms with van der Waals surface area (Å²) in [5.41, 5.74) is 7.77. The van der Waals surface area contributed by atoms with Crippen molar-refractivity contribution in [1.29, 1.82) is 0 Å². The summed E-state index contributed by atoms with van der Waals surface area (Å²) in [7, 11) is 0. The quantitative estimate of drug-likeness (QED) is 0.204. The number of benzene rings is 3. The molecule has 0 aliphatic carbocycles. The van der Waals surface area contributed by atoms with Crippen LogP contribution in [0.5, 0.6) is 17.2 Å². The van der Waals surface area contributed by atoms with Gasteiger partial charge in [-0.25, -0.2) is 9.69 Å². The molecule has 3 aliphatic heterocycles. The van der Waals surface area contributed by atoms with Crippen molar-refractivity contribution >= 4 is 41.5 Å². The Hall–Kier alpha value is -6.20. The third-order valence-electron chi connectivity index (χ3n) is 9.99. The fourth-order valence-corrected chi connectivity index (χ4v) is 7.35. The van der Waals surface area contributed by atoms with E-state index in [0.717, 1.165) is 23.2 Å². The Labute approximate surface area is 305 Å². The minimum Gasteiger partial charge on any atom is -0.508 e. The fraction of sp³-hybridized carbons (Fsp3) is 0.175. The molecule has 9 rings (SSSR count). The Bertz CT molecular complexity index is 2400. The monoisotopic (exact) mass is 714 g/mol. The maximum atomic E-state index is 14.9. The standard InChI is InChI=1S/C40H34N6O5.ClH/c1-25-21-41-45-23-42(16-14-34(25)45)46(29-10-12-30(47)13-11-29)40(49)33-18-36(43-15-6-5-9-35(33)43)31-19-37-38(51-24-50-37)20-32(31)39(48)44-22-28-8-4-3-7-27(28)17-26(44)2;/h3-16,18-21,26,47H,17,22-24H2,1-2H3;1H/t26-;/m1./s1. The normalized spacial score (nSPS) is 15.6. The first-order valence-electron chi connectivity index (χ1n) is 16.9. The summed E-state index contributed by atoms with van der Waals surface area (Å²) in [4.78, 5) is 31.5. The van der Waals surface area contributed by atoms with E-state index in [9.17, 15) is 14.7 Å². The highest BCUT2D eigenvalue weighted by atomic mass is 35.5. The Kier molecular flexibility index (Phi) is 8.14. The molecule has 3 aliphatic rings. The molecule has 3 aromatic carbocycles. The second kappa shape index (κ2) is 12.8. The van der Waals surface area contributed by atoms with Crippen LogP contribution in [0.2, 0.25) is 0 Å². The third kappa shape index (κ3) is 5.41. The molecule has 0 radical (unpaired) electrons. The minimum atomic E-state index is -0.303. The molecule has 6 heterocycles. The van der Waals surface area contributed by atoms with Crippen molar-refractivity contribution in [1.82, 2.24) is 24.1 Å². The molecule has 52 heavy (non-hydrogen) atoms. The maximum absolute atomic E-state index is 14.9. The van der Waals surface area contributed by atoms with E-state index >= 15 is 0 Å². The van der Waals surface area contributed by atoms with Gasteiger partial charge < -0.3 is 23.9 Å². The van der Waals surface area contributed by atoms with Crippen molar-refractivity contribution in [3.63, 3.8) is 0 Å². The van der Waals surface area contributed by atoms with Crippen molar-refractivity contribution in [2.45, 2.75) is 39.5 Å². The molecule has 0 unspecified atom stereocenters. The number of phenolic OH excluding ortho intramolecular Hbond substituents is 1. The van der Waals surface area contributed by atoms with Crippen LogP contribution in [-0.4, -0.2) is 53.8 Å². The highest BCUT2D eigenvalue weighted by molar-refractivity contribution is 6.12. The van der Waals surface area contributed by atoms with Crippen LogP contribution in [0.25, 0.3) is 22.9 Å². The Balaban J connectivity index is 0.00000387. The van der Waals surface area contributed by atoms with Crippen LogP contribution in [0.4, 0.5) is 5.69 Å². The van der Waals surface area contributed by atoms with Crippen molar-refractivity contribution in [2.75, 3.05) is 11.8 Å². The van der Waals surface area contributed by atoms with Gasteiger partial charge in [0.1, 0.15) is 12.4 Å². The Morgan fingerprint density at radius 1 is 0.923 bits per heavy atom. The lowest BCUT2D eigenvalue weighted by Gasteiger charge is -2.35. The molecule has 262 valence electrons. The van der Waals surface area contributed by atoms with E-state index in [-0.39, 0.29) is 42.8 Å². The molecule has 0 spiro atoms. The van der Waals surface area contributed by atoms with Crippen molar-refractivity contribution in [2.24, 2.45) is 0 Å². The average molecular weight is 715 g/mol. The molecule has 12 heteroatoms. The zero-order valence-electron chi connectivity index (χ0n) is 28.5. The maximum Gasteiger partial charge on any atom is 0.279 e. The summed E-state index contributed by atoms with van der Waals surface area (Å²) in [5.74, 6) is 0.703. The number of amides is 2. The highest BCUT2D eigenvalue weighted by Gasteiger charge is 2.33. The molecule has 2 amide bonds. The van der Waals surface area contributed by atoms with Crippen molar-refractivity contribution < 1.29 is 24.2 Å². The Morgan fingerprint density at radius 2 is 1.67 bits per heavy atom. The van der Waals surface area contributed by atoms with E-state index in [1.54, 1.807) is 46.5 Å². The van der Waals surface area contributed by atoms with Gasteiger partial charge in [0, 0.05) is 30.5 Å². The van der Waals surface area contributed by atoms with Gasteiger partial charge in [0.05, 0.1) is 39.9 Å². The Morgan fingerprint density at radius 3 is 2.48 bits per heavy atom. The lowest BCUT2D eigenvalue weighted by molar-refractivity contribution is 0.0658. The topological polar surface area (TPSA) is 105 Å². The van der Waals surface area contributed by atoms with Gasteiger partial charge in [-0.1, -0.05) is 30.3 Å². The zero-order chi connectivity index (χ0) is 34.8. The number of pyridine rings is 1. The number of nitrogens with zero attached hydrogens (tertiary/aromatic N) is 6. The van der Waals surface area contributed by atoms with Crippen LogP contribution in [0.1, 0.15) is 50.0 Å². The number of rotatable bonds is 5. The first kappa shape index (κ1) is 33.0. The number of aryl methyl sites for hydroxylation is 1. The largest absolute Gasteiger partial charge is 0.508 e. The summed E-state index contributed by atoms with van der Waals surface area (Å²) in [6.07, 6.45) is 8.24. The third-order valence-corrected chi connectivity index (χ3v) is 9.99. The first-order chi connectivity index (χ1) is 24.8. The molecule has 0 bridgehead atoms. The number of fused-ring (bicyclic) bond motifs is 4. The van der Waals surface area contributed by atoms with Gasteiger partial charge in [-0.15, -0.1) is 12.4 Å². The minimum absolute atomic E-state index is 0. The predicted molar refractivity (Wildman–Crippen MR) is 198 cm³/mol. The van der Waals surface area contributed by atoms with E-state index in [0.29, 0.717) is 58.3 Å². The van der Waals surface area contributed by atoms with Gasteiger partial charge in [-0.2, -0.15) is 5.10 Å². The van der Waals surface area contributed by atoms with E-state index in [4.69, 9.17) is 9.47 Å². The zero-order valence-corrected chi connectivity index (χ0v) is 29.3. The van der Waals surface area contributed by atoms with Crippen LogP contribution >= 0.6 is 12.4 Å². The number of hydrazine groups is 1. The van der Waals surface area contributed by atoms with Gasteiger partial charge in [-0.05, 0) is 97.6 Å². The van der Waals surface area contributed by atoms with E-state index in [2.05, 4.69) is 24.2 Å². The summed E-state index contributed by atoms with van der Waals surface area (Å²) >= 11 is 0. The number of carbonyl (C=O) groups excluding carboxylic acids is 2. The molecule has 0 fully saturated rings. The van der Waals surface area contributed by atoms with E-state index < -0.39 is 0 Å². The number of hydrogen-bond acceptors (Lipinski definition) is 7. The molecule has 1 atom stereocenters. The number of anilines is 1. The molecule has 0 saturated carbocycles. The second-order valence-electron chi connectivity index (χ2n) is 13.1. The van der Waals surface area contributed by atoms with E-state index in [1.807, 2.05) is 81.8 Å². The average Bonchev–Trinajstić information content (AvgIpc) is 3.88. The van der Waals surface area contributed by atoms with Crippen LogP contribution in [0.3, 0.4) is 0 Å². The summed E-state index contributed by atoms with van der Waals surface area (Å²) in [5, 5.41) is 18.0. The predicted octanol–water partition coefficient (Wildman–Crippen LogP) is 7.06. The fourth-order valence-electron chi connectivity index (χ4n) is 7.35. The summed E-state index contributed by atoms with van der Waals surface area (Å²) < 4.78 is 15.4. The van der Waals surface area contributed by atoms with Gasteiger partial charge in [0.15, 0.2) is 11.5 Å². The van der Waals surface area contributed by atoms with Crippen molar-refractivity contribution in [3.8, 4) is 28.5 Å². The number of ether oxygens (including phenoxy) is 2. The lowest BCUT2D eigenvalue weighted by Crippen LogP contribution is -2.46. The summed E-state index contributed by atoms with van der Waals surface area (Å²) in [6, 6.07) is 25.9.